The highest BCUT2D eigenvalue weighted by atomic mass is 35.5. The zero-order valence-electron chi connectivity index (χ0n) is 25.9. The molecule has 0 bridgehead atoms. The highest BCUT2D eigenvalue weighted by Gasteiger charge is 2.36. The lowest BCUT2D eigenvalue weighted by Gasteiger charge is -2.34. The number of sulfonamides is 1. The summed E-state index contributed by atoms with van der Waals surface area (Å²) in [6, 6.07) is 25.5. The Morgan fingerprint density at radius 3 is 2.21 bits per heavy atom. The van der Waals surface area contributed by atoms with Gasteiger partial charge in [0.2, 0.25) is 11.8 Å². The monoisotopic (exact) mass is 708 g/mol. The second-order valence-corrected chi connectivity index (χ2v) is 14.3. The molecule has 0 saturated heterocycles. The number of non-ortho nitro benzene ring substituents is 1. The fourth-order valence-electron chi connectivity index (χ4n) is 5.77. The van der Waals surface area contributed by atoms with Crippen LogP contribution in [0.5, 0.6) is 0 Å². The standard InChI is InChI=1S/C35H34Cl2N4O6S/c36-27-19-18-26(32(37)21-27)23-39(33(20-25-10-3-1-4-11-25)35(43)38-28-12-7-8-13-28)34(42)24-40(29-14-9-15-30(22-29)41(44)45)48(46,47)31-16-5-2-6-17-31/h1-6,9-11,14-19,21-22,28,33H,7-8,12-13,20,23-24H2,(H,38,43)/t33-/m0/s1. The topological polar surface area (TPSA) is 130 Å². The van der Waals surface area contributed by atoms with Gasteiger partial charge in [-0.2, -0.15) is 0 Å². The number of halogens is 2. The molecular weight excluding hydrogens is 675 g/mol. The van der Waals surface area contributed by atoms with Crippen molar-refractivity contribution < 1.29 is 22.9 Å². The molecule has 1 aliphatic carbocycles. The van der Waals surface area contributed by atoms with Crippen molar-refractivity contribution in [2.24, 2.45) is 0 Å². The van der Waals surface area contributed by atoms with Crippen LogP contribution in [0.3, 0.4) is 0 Å². The quantitative estimate of drug-likeness (QED) is 0.120. The first-order chi connectivity index (χ1) is 23.0. The summed E-state index contributed by atoms with van der Waals surface area (Å²) >= 11 is 12.7. The van der Waals surface area contributed by atoms with Gasteiger partial charge in [-0.1, -0.05) is 96.7 Å². The summed E-state index contributed by atoms with van der Waals surface area (Å²) in [5.41, 5.74) is 0.849. The lowest BCUT2D eigenvalue weighted by atomic mass is 10.0. The molecule has 0 unspecified atom stereocenters. The number of anilines is 1. The fourth-order valence-corrected chi connectivity index (χ4v) is 7.66. The van der Waals surface area contributed by atoms with Crippen LogP contribution in [0.2, 0.25) is 10.0 Å². The predicted molar refractivity (Wildman–Crippen MR) is 185 cm³/mol. The van der Waals surface area contributed by atoms with Crippen molar-refractivity contribution >= 4 is 56.4 Å². The van der Waals surface area contributed by atoms with Crippen LogP contribution < -0.4 is 9.62 Å². The Hall–Kier alpha value is -4.45. The molecule has 1 aliphatic rings. The maximum Gasteiger partial charge on any atom is 0.271 e. The highest BCUT2D eigenvalue weighted by molar-refractivity contribution is 7.92. The number of nitro benzene ring substituents is 1. The van der Waals surface area contributed by atoms with Crippen molar-refractivity contribution in [3.63, 3.8) is 0 Å². The maximum absolute atomic E-state index is 14.6. The van der Waals surface area contributed by atoms with Crippen LogP contribution in [-0.4, -0.2) is 48.7 Å². The van der Waals surface area contributed by atoms with Crippen LogP contribution in [0.4, 0.5) is 11.4 Å². The molecule has 10 nitrogen and oxygen atoms in total. The second kappa shape index (κ2) is 15.6. The predicted octanol–water partition coefficient (Wildman–Crippen LogP) is 6.80. The van der Waals surface area contributed by atoms with Crippen molar-refractivity contribution in [1.82, 2.24) is 10.2 Å². The van der Waals surface area contributed by atoms with Gasteiger partial charge < -0.3 is 10.2 Å². The molecular formula is C35H34Cl2N4O6S. The number of nitrogens with zero attached hydrogens (tertiary/aromatic N) is 3. The molecule has 0 aliphatic heterocycles. The van der Waals surface area contributed by atoms with E-state index in [0.29, 0.717) is 10.6 Å². The number of carbonyl (C=O) groups is 2. The maximum atomic E-state index is 14.6. The van der Waals surface area contributed by atoms with Crippen LogP contribution in [0, 0.1) is 10.1 Å². The fraction of sp³-hybridized carbons (Fsp3) is 0.257. The first kappa shape index (κ1) is 34.9. The van der Waals surface area contributed by atoms with Gasteiger partial charge in [0.25, 0.3) is 15.7 Å². The molecule has 250 valence electrons. The lowest BCUT2D eigenvalue weighted by molar-refractivity contribution is -0.384. The Bertz CT molecular complexity index is 1870. The first-order valence-electron chi connectivity index (χ1n) is 15.4. The molecule has 1 fully saturated rings. The molecule has 0 heterocycles. The van der Waals surface area contributed by atoms with Crippen LogP contribution in [0.1, 0.15) is 36.8 Å². The Kier molecular flexibility index (Phi) is 11.4. The molecule has 4 aromatic rings. The zero-order chi connectivity index (χ0) is 34.3. The van der Waals surface area contributed by atoms with Gasteiger partial charge in [-0.15, -0.1) is 0 Å². The van der Waals surface area contributed by atoms with Gasteiger partial charge in [-0.3, -0.25) is 24.0 Å². The molecule has 4 aromatic carbocycles. The van der Waals surface area contributed by atoms with E-state index in [2.05, 4.69) is 5.32 Å². The molecule has 1 N–H and O–H groups in total. The Morgan fingerprint density at radius 1 is 0.896 bits per heavy atom. The van der Waals surface area contributed by atoms with Gasteiger partial charge in [0, 0.05) is 41.2 Å². The van der Waals surface area contributed by atoms with Crippen LogP contribution in [-0.2, 0) is 32.6 Å². The van der Waals surface area contributed by atoms with E-state index < -0.39 is 33.4 Å². The number of nitrogens with one attached hydrogen (secondary N) is 1. The minimum absolute atomic E-state index is 0.0494. The Morgan fingerprint density at radius 2 is 1.56 bits per heavy atom. The van der Waals surface area contributed by atoms with Gasteiger partial charge in [0.1, 0.15) is 12.6 Å². The summed E-state index contributed by atoms with van der Waals surface area (Å²) < 4.78 is 29.1. The summed E-state index contributed by atoms with van der Waals surface area (Å²) in [5.74, 6) is -1.09. The summed E-state index contributed by atoms with van der Waals surface area (Å²) in [7, 11) is -4.42. The lowest BCUT2D eigenvalue weighted by Crippen LogP contribution is -2.54. The zero-order valence-corrected chi connectivity index (χ0v) is 28.2. The number of amides is 2. The average molecular weight is 710 g/mol. The van der Waals surface area contributed by atoms with E-state index in [1.54, 1.807) is 30.3 Å². The number of nitro groups is 1. The molecule has 0 radical (unpaired) electrons. The number of hydrogen-bond donors (Lipinski definition) is 1. The van der Waals surface area contributed by atoms with Crippen molar-refractivity contribution in [2.75, 3.05) is 10.8 Å². The van der Waals surface area contributed by atoms with Crippen molar-refractivity contribution in [1.29, 1.82) is 0 Å². The third-order valence-electron chi connectivity index (χ3n) is 8.27. The molecule has 1 saturated carbocycles. The summed E-state index contributed by atoms with van der Waals surface area (Å²) in [6.45, 7) is -0.899. The van der Waals surface area contributed by atoms with Crippen molar-refractivity contribution in [2.45, 2.75) is 55.6 Å². The minimum Gasteiger partial charge on any atom is -0.352 e. The van der Waals surface area contributed by atoms with E-state index >= 15 is 0 Å². The largest absolute Gasteiger partial charge is 0.352 e. The van der Waals surface area contributed by atoms with Crippen LogP contribution in [0.15, 0.2) is 108 Å². The highest BCUT2D eigenvalue weighted by Crippen LogP contribution is 2.29. The second-order valence-electron chi connectivity index (χ2n) is 11.6. The average Bonchev–Trinajstić information content (AvgIpc) is 3.60. The molecule has 0 aromatic heterocycles. The van der Waals surface area contributed by atoms with Crippen molar-refractivity contribution in [3.8, 4) is 0 Å². The Balaban J connectivity index is 1.60. The molecule has 0 spiro atoms. The number of benzene rings is 4. The van der Waals surface area contributed by atoms with Crippen LogP contribution >= 0.6 is 23.2 Å². The normalized spacial score (nSPS) is 13.9. The summed E-state index contributed by atoms with van der Waals surface area (Å²) in [5, 5.41) is 15.4. The molecule has 13 heteroatoms. The van der Waals surface area contributed by atoms with E-state index in [4.69, 9.17) is 23.2 Å². The van der Waals surface area contributed by atoms with Gasteiger partial charge in [0.05, 0.1) is 15.5 Å². The van der Waals surface area contributed by atoms with Gasteiger partial charge >= 0.3 is 0 Å². The van der Waals surface area contributed by atoms with Crippen LogP contribution in [0.25, 0.3) is 0 Å². The Labute approximate surface area is 289 Å². The smallest absolute Gasteiger partial charge is 0.271 e. The van der Waals surface area contributed by atoms with Gasteiger partial charge in [-0.25, -0.2) is 8.42 Å². The molecule has 2 amide bonds. The van der Waals surface area contributed by atoms with E-state index in [1.165, 1.54) is 41.3 Å². The van der Waals surface area contributed by atoms with Gasteiger partial charge in [-0.05, 0) is 54.3 Å². The first-order valence-corrected chi connectivity index (χ1v) is 17.6. The molecule has 5 rings (SSSR count). The van der Waals surface area contributed by atoms with Gasteiger partial charge in [0.15, 0.2) is 0 Å². The summed E-state index contributed by atoms with van der Waals surface area (Å²) in [4.78, 5) is 41.0. The van der Waals surface area contributed by atoms with Crippen molar-refractivity contribution in [3.05, 3.63) is 134 Å². The SMILES string of the molecule is O=C(NC1CCCC1)[C@H](Cc1ccccc1)N(Cc1ccc(Cl)cc1Cl)C(=O)CN(c1cccc([N+](=O)[O-])c1)S(=O)(=O)c1ccccc1. The van der Waals surface area contributed by atoms with E-state index in [1.807, 2.05) is 30.3 Å². The minimum atomic E-state index is -4.42. The number of rotatable bonds is 13. The summed E-state index contributed by atoms with van der Waals surface area (Å²) in [6.07, 6.45) is 3.73. The molecule has 48 heavy (non-hydrogen) atoms. The number of hydrogen-bond acceptors (Lipinski definition) is 6. The number of carbonyl (C=O) groups excluding carboxylic acids is 2. The van der Waals surface area contributed by atoms with E-state index in [-0.39, 0.29) is 46.2 Å². The molecule has 1 atom stereocenters. The van der Waals surface area contributed by atoms with E-state index in [9.17, 15) is 28.1 Å². The van der Waals surface area contributed by atoms with E-state index in [0.717, 1.165) is 41.6 Å². The third-order valence-corrected chi connectivity index (χ3v) is 10.6. The third kappa shape index (κ3) is 8.52.